The standard InChI is InChI=1S/C19H28N4OS2/c1-3-4-20-17-22-23-18(26-17)25-11-16(24)21-12(2)19-8-13-5-14(9-19)7-15(6-13)10-19/h3,12-15H,1,4-11H2,2H3,(H,20,22)(H,21,24)/t12-,13?,14?,15?,19?/m1/s1. The van der Waals surface area contributed by atoms with Crippen molar-refractivity contribution in [1.29, 1.82) is 0 Å². The number of nitrogens with one attached hydrogen (secondary N) is 2. The minimum atomic E-state index is 0.119. The lowest BCUT2D eigenvalue weighted by Crippen LogP contribution is -2.56. The molecule has 1 aromatic heterocycles. The van der Waals surface area contributed by atoms with Crippen molar-refractivity contribution >= 4 is 34.1 Å². The quantitative estimate of drug-likeness (QED) is 0.518. The molecule has 0 aliphatic heterocycles. The van der Waals surface area contributed by atoms with Gasteiger partial charge in [-0.05, 0) is 68.6 Å². The molecule has 142 valence electrons. The first-order valence-electron chi connectivity index (χ1n) is 9.67. The topological polar surface area (TPSA) is 66.9 Å². The molecule has 7 heteroatoms. The third-order valence-electron chi connectivity index (χ3n) is 6.51. The predicted molar refractivity (Wildman–Crippen MR) is 108 cm³/mol. The van der Waals surface area contributed by atoms with Crippen molar-refractivity contribution in [2.24, 2.45) is 23.2 Å². The second-order valence-corrected chi connectivity index (χ2v) is 10.6. The summed E-state index contributed by atoms with van der Waals surface area (Å²) in [5.74, 6) is 3.27. The molecule has 0 radical (unpaired) electrons. The molecule has 1 amide bonds. The molecule has 4 fully saturated rings. The van der Waals surface area contributed by atoms with Gasteiger partial charge in [0.05, 0.1) is 5.75 Å². The van der Waals surface area contributed by atoms with Crippen molar-refractivity contribution in [1.82, 2.24) is 15.5 Å². The summed E-state index contributed by atoms with van der Waals surface area (Å²) in [5.41, 5.74) is 0.361. The molecule has 4 aliphatic carbocycles. The second-order valence-electron chi connectivity index (χ2n) is 8.40. The van der Waals surface area contributed by atoms with Crippen molar-refractivity contribution in [3.8, 4) is 0 Å². The molecule has 1 heterocycles. The summed E-state index contributed by atoms with van der Waals surface area (Å²) < 4.78 is 0.828. The van der Waals surface area contributed by atoms with Crippen LogP contribution < -0.4 is 10.6 Å². The van der Waals surface area contributed by atoms with Gasteiger partial charge in [0.25, 0.3) is 0 Å². The number of anilines is 1. The highest BCUT2D eigenvalue weighted by Crippen LogP contribution is 2.61. The van der Waals surface area contributed by atoms with Gasteiger partial charge in [0.2, 0.25) is 11.0 Å². The Morgan fingerprint density at radius 2 is 1.96 bits per heavy atom. The Labute approximate surface area is 163 Å². The van der Waals surface area contributed by atoms with Crippen LogP contribution >= 0.6 is 23.1 Å². The van der Waals surface area contributed by atoms with Crippen LogP contribution in [0.15, 0.2) is 17.0 Å². The van der Waals surface area contributed by atoms with Crippen molar-refractivity contribution in [3.05, 3.63) is 12.7 Å². The van der Waals surface area contributed by atoms with Crippen molar-refractivity contribution in [2.45, 2.75) is 55.8 Å². The van der Waals surface area contributed by atoms with Crippen LogP contribution in [0.5, 0.6) is 0 Å². The van der Waals surface area contributed by atoms with E-state index < -0.39 is 0 Å². The highest BCUT2D eigenvalue weighted by Gasteiger charge is 2.53. The fraction of sp³-hybridized carbons (Fsp3) is 0.737. The largest absolute Gasteiger partial charge is 0.357 e. The molecule has 2 N–H and O–H groups in total. The van der Waals surface area contributed by atoms with Gasteiger partial charge in [-0.2, -0.15) is 0 Å². The van der Waals surface area contributed by atoms with Gasteiger partial charge in [-0.3, -0.25) is 4.79 Å². The summed E-state index contributed by atoms with van der Waals surface area (Å²) in [6, 6.07) is 0.281. The molecule has 5 nitrogen and oxygen atoms in total. The molecule has 0 spiro atoms. The fourth-order valence-corrected chi connectivity index (χ4v) is 7.34. The number of hydrogen-bond acceptors (Lipinski definition) is 6. The Bertz CT molecular complexity index is 639. The summed E-state index contributed by atoms with van der Waals surface area (Å²) >= 11 is 2.95. The van der Waals surface area contributed by atoms with Gasteiger partial charge in [0, 0.05) is 12.6 Å². The Morgan fingerprint density at radius 1 is 1.31 bits per heavy atom. The lowest BCUT2D eigenvalue weighted by molar-refractivity contribution is -0.123. The third-order valence-corrected chi connectivity index (χ3v) is 8.53. The zero-order valence-electron chi connectivity index (χ0n) is 15.4. The Morgan fingerprint density at radius 3 is 2.58 bits per heavy atom. The molecule has 1 atom stereocenters. The average Bonchev–Trinajstić information content (AvgIpc) is 3.05. The Hall–Kier alpha value is -1.08. The maximum absolute atomic E-state index is 12.5. The smallest absolute Gasteiger partial charge is 0.230 e. The van der Waals surface area contributed by atoms with Crippen LogP contribution in [0.25, 0.3) is 0 Å². The number of amides is 1. The molecule has 0 saturated heterocycles. The van der Waals surface area contributed by atoms with E-state index >= 15 is 0 Å². The molecule has 26 heavy (non-hydrogen) atoms. The maximum atomic E-state index is 12.5. The van der Waals surface area contributed by atoms with Gasteiger partial charge in [0.15, 0.2) is 4.34 Å². The first-order valence-corrected chi connectivity index (χ1v) is 11.5. The number of rotatable bonds is 8. The van der Waals surface area contributed by atoms with E-state index in [1.54, 1.807) is 6.08 Å². The van der Waals surface area contributed by atoms with Crippen molar-refractivity contribution in [3.63, 3.8) is 0 Å². The molecular weight excluding hydrogens is 364 g/mol. The predicted octanol–water partition coefficient (Wildman–Crippen LogP) is 3.95. The second kappa shape index (κ2) is 7.50. The number of carbonyl (C=O) groups is 1. The van der Waals surface area contributed by atoms with E-state index in [1.807, 2.05) is 0 Å². The van der Waals surface area contributed by atoms with Crippen molar-refractivity contribution < 1.29 is 4.79 Å². The van der Waals surface area contributed by atoms with E-state index in [-0.39, 0.29) is 11.9 Å². The molecule has 4 bridgehead atoms. The monoisotopic (exact) mass is 392 g/mol. The average molecular weight is 393 g/mol. The van der Waals surface area contributed by atoms with Crippen molar-refractivity contribution in [2.75, 3.05) is 17.6 Å². The molecule has 1 aromatic rings. The summed E-state index contributed by atoms with van der Waals surface area (Å²) in [5, 5.41) is 15.4. The SMILES string of the molecule is C=CCNc1nnc(SCC(=O)N[C@H](C)C23CC4CC(CC(C4)C2)C3)s1. The van der Waals surface area contributed by atoms with Crippen LogP contribution in [0.3, 0.4) is 0 Å². The number of thioether (sulfide) groups is 1. The highest BCUT2D eigenvalue weighted by molar-refractivity contribution is 8.01. The fourth-order valence-electron chi connectivity index (χ4n) is 5.77. The van der Waals surface area contributed by atoms with Crippen LogP contribution in [0, 0.1) is 23.2 Å². The van der Waals surface area contributed by atoms with Gasteiger partial charge >= 0.3 is 0 Å². The number of aromatic nitrogens is 2. The van der Waals surface area contributed by atoms with E-state index in [1.165, 1.54) is 61.6 Å². The first kappa shape index (κ1) is 18.3. The van der Waals surface area contributed by atoms with Crippen LogP contribution in [-0.2, 0) is 4.79 Å². The normalized spacial score (nSPS) is 33.0. The summed E-state index contributed by atoms with van der Waals surface area (Å²) in [4.78, 5) is 12.5. The van der Waals surface area contributed by atoms with Gasteiger partial charge in [-0.1, -0.05) is 29.2 Å². The van der Waals surface area contributed by atoms with E-state index in [9.17, 15) is 4.79 Å². The van der Waals surface area contributed by atoms with E-state index in [0.717, 1.165) is 27.2 Å². The third kappa shape index (κ3) is 3.79. The van der Waals surface area contributed by atoms with Crippen LogP contribution in [-0.4, -0.2) is 34.4 Å². The Balaban J connectivity index is 1.28. The number of carbonyl (C=O) groups excluding carboxylic acids is 1. The van der Waals surface area contributed by atoms with Gasteiger partial charge < -0.3 is 10.6 Å². The molecule has 0 unspecified atom stereocenters. The zero-order valence-corrected chi connectivity index (χ0v) is 17.0. The molecule has 0 aromatic carbocycles. The zero-order chi connectivity index (χ0) is 18.1. The summed E-state index contributed by atoms with van der Waals surface area (Å²) in [7, 11) is 0. The van der Waals surface area contributed by atoms with E-state index in [4.69, 9.17) is 0 Å². The van der Waals surface area contributed by atoms with Gasteiger partial charge in [0.1, 0.15) is 0 Å². The van der Waals surface area contributed by atoms with Crippen LogP contribution in [0.1, 0.15) is 45.4 Å². The Kier molecular flexibility index (Phi) is 5.28. The van der Waals surface area contributed by atoms with Gasteiger partial charge in [-0.25, -0.2) is 0 Å². The molecular formula is C19H28N4OS2. The van der Waals surface area contributed by atoms with Crippen LogP contribution in [0.4, 0.5) is 5.13 Å². The number of hydrogen-bond donors (Lipinski definition) is 2. The van der Waals surface area contributed by atoms with E-state index in [2.05, 4.69) is 34.3 Å². The minimum absolute atomic E-state index is 0.119. The minimum Gasteiger partial charge on any atom is -0.357 e. The maximum Gasteiger partial charge on any atom is 0.230 e. The van der Waals surface area contributed by atoms with Crippen LogP contribution in [0.2, 0.25) is 0 Å². The first-order chi connectivity index (χ1) is 12.6. The number of nitrogens with zero attached hydrogens (tertiary/aromatic N) is 2. The molecule has 4 aliphatic rings. The van der Waals surface area contributed by atoms with E-state index in [0.29, 0.717) is 17.7 Å². The highest BCUT2D eigenvalue weighted by atomic mass is 32.2. The summed E-state index contributed by atoms with van der Waals surface area (Å²) in [6.45, 7) is 6.58. The molecule has 5 rings (SSSR count). The summed E-state index contributed by atoms with van der Waals surface area (Å²) in [6.07, 6.45) is 10.1. The van der Waals surface area contributed by atoms with Gasteiger partial charge in [-0.15, -0.1) is 16.8 Å². The lowest BCUT2D eigenvalue weighted by Gasteiger charge is -2.59. The lowest BCUT2D eigenvalue weighted by atomic mass is 9.48. The molecule has 4 saturated carbocycles.